The van der Waals surface area contributed by atoms with Crippen molar-refractivity contribution < 1.29 is 18.0 Å². The number of nitrogens with one attached hydrogen (secondary N) is 1. The number of halogens is 3. The molecule has 0 saturated carbocycles. The van der Waals surface area contributed by atoms with Gasteiger partial charge < -0.3 is 19.7 Å². The quantitative estimate of drug-likeness (QED) is 0.689. The number of hydrogen-bond donors (Lipinski definition) is 1. The van der Waals surface area contributed by atoms with E-state index in [1.165, 1.54) is 19.2 Å². The number of aromatic nitrogens is 4. The number of alkyl halides is 3. The number of carbonyl (C=O) groups excluding carboxylic acids is 1. The number of nitrogens with zero attached hydrogens (tertiary/aromatic N) is 6. The third-order valence-electron chi connectivity index (χ3n) is 7.04. The van der Waals surface area contributed by atoms with Crippen LogP contribution in [0.2, 0.25) is 0 Å². The molecule has 184 valence electrons. The van der Waals surface area contributed by atoms with Crippen molar-refractivity contribution >= 4 is 17.5 Å². The molecular weight excluding hydrogens is 447 g/mol. The normalized spacial score (nSPS) is 20.0. The summed E-state index contributed by atoms with van der Waals surface area (Å²) in [5.74, 6) is 2.27. The van der Waals surface area contributed by atoms with Crippen LogP contribution >= 0.6 is 0 Å². The maximum absolute atomic E-state index is 13.1. The van der Waals surface area contributed by atoms with Gasteiger partial charge in [-0.15, -0.1) is 0 Å². The summed E-state index contributed by atoms with van der Waals surface area (Å²) in [5, 5.41) is 2.81. The summed E-state index contributed by atoms with van der Waals surface area (Å²) < 4.78 is 41.1. The minimum absolute atomic E-state index is 0.0358. The van der Waals surface area contributed by atoms with Gasteiger partial charge in [0.1, 0.15) is 23.8 Å². The Morgan fingerprint density at radius 1 is 1.03 bits per heavy atom. The molecular formula is C23H30F3N7O. The molecule has 2 fully saturated rings. The van der Waals surface area contributed by atoms with E-state index in [1.54, 1.807) is 6.20 Å². The van der Waals surface area contributed by atoms with Crippen LogP contribution in [0, 0.1) is 0 Å². The van der Waals surface area contributed by atoms with E-state index in [-0.39, 0.29) is 17.5 Å². The Morgan fingerprint density at radius 2 is 1.79 bits per heavy atom. The molecule has 0 atom stereocenters. The van der Waals surface area contributed by atoms with Gasteiger partial charge in [-0.2, -0.15) is 13.2 Å². The Balaban J connectivity index is 1.30. The molecule has 1 amide bonds. The van der Waals surface area contributed by atoms with Crippen molar-refractivity contribution in [2.24, 2.45) is 0 Å². The van der Waals surface area contributed by atoms with Crippen molar-refractivity contribution in [1.82, 2.24) is 24.4 Å². The highest BCUT2D eigenvalue weighted by Gasteiger charge is 2.32. The van der Waals surface area contributed by atoms with E-state index in [2.05, 4.69) is 30.1 Å². The Labute approximate surface area is 196 Å². The van der Waals surface area contributed by atoms with Gasteiger partial charge in [-0.1, -0.05) is 0 Å². The monoisotopic (exact) mass is 477 g/mol. The predicted molar refractivity (Wildman–Crippen MR) is 121 cm³/mol. The lowest BCUT2D eigenvalue weighted by molar-refractivity contribution is -0.127. The molecule has 3 aliphatic rings. The molecule has 1 N–H and O–H groups in total. The zero-order valence-corrected chi connectivity index (χ0v) is 19.1. The third-order valence-corrected chi connectivity index (χ3v) is 7.04. The molecule has 0 spiro atoms. The zero-order valence-electron chi connectivity index (χ0n) is 19.1. The molecule has 0 bridgehead atoms. The predicted octanol–water partition coefficient (Wildman–Crippen LogP) is 3.14. The Bertz CT molecular complexity index is 1020. The van der Waals surface area contributed by atoms with Crippen LogP contribution in [-0.4, -0.2) is 69.2 Å². The van der Waals surface area contributed by atoms with Gasteiger partial charge >= 0.3 is 6.18 Å². The summed E-state index contributed by atoms with van der Waals surface area (Å²) >= 11 is 0. The lowest BCUT2D eigenvalue weighted by Crippen LogP contribution is -2.36. The highest BCUT2D eigenvalue weighted by atomic mass is 19.4. The molecule has 3 aliphatic heterocycles. The minimum Gasteiger partial charge on any atom is -0.356 e. The van der Waals surface area contributed by atoms with Gasteiger partial charge in [0.2, 0.25) is 5.91 Å². The van der Waals surface area contributed by atoms with Crippen LogP contribution in [0.3, 0.4) is 0 Å². The maximum Gasteiger partial charge on any atom is 0.394 e. The summed E-state index contributed by atoms with van der Waals surface area (Å²) in [4.78, 5) is 29.4. The summed E-state index contributed by atoms with van der Waals surface area (Å²) in [6, 6.07) is 0. The number of fused-ring (bicyclic) bond motifs is 1. The lowest BCUT2D eigenvalue weighted by atomic mass is 9.95. The number of rotatable bonds is 6. The zero-order chi connectivity index (χ0) is 23.7. The fourth-order valence-electron chi connectivity index (χ4n) is 5.33. The molecule has 2 aromatic rings. The molecule has 2 aromatic heterocycles. The first kappa shape index (κ1) is 23.1. The number of piperidine rings is 1. The topological polar surface area (TPSA) is 79.2 Å². The maximum atomic E-state index is 13.1. The third kappa shape index (κ3) is 5.18. The summed E-state index contributed by atoms with van der Waals surface area (Å²) in [6.07, 6.45) is 2.80. The lowest BCUT2D eigenvalue weighted by Gasteiger charge is -2.34. The number of likely N-dealkylation sites (tertiary alicyclic amines) is 1. The second kappa shape index (κ2) is 9.52. The fourth-order valence-corrected chi connectivity index (χ4v) is 5.33. The SMILES string of the molecule is O=C1CCc2c(ncnc2N2CCC(c3nc(CC(F)(F)F)cn3CCN3CCCC3)CC2)N1. The van der Waals surface area contributed by atoms with Crippen LogP contribution in [0.4, 0.5) is 24.8 Å². The molecule has 0 aliphatic carbocycles. The van der Waals surface area contributed by atoms with Crippen molar-refractivity contribution in [1.29, 1.82) is 0 Å². The van der Waals surface area contributed by atoms with Crippen molar-refractivity contribution in [2.75, 3.05) is 42.9 Å². The average Bonchev–Trinajstić information content (AvgIpc) is 3.46. The van der Waals surface area contributed by atoms with Crippen LogP contribution in [0.25, 0.3) is 0 Å². The first-order valence-electron chi connectivity index (χ1n) is 12.1. The van der Waals surface area contributed by atoms with E-state index in [9.17, 15) is 18.0 Å². The Morgan fingerprint density at radius 3 is 2.53 bits per heavy atom. The van der Waals surface area contributed by atoms with E-state index in [0.29, 0.717) is 25.2 Å². The molecule has 5 rings (SSSR count). The van der Waals surface area contributed by atoms with E-state index in [0.717, 1.165) is 62.8 Å². The molecule has 2 saturated heterocycles. The number of hydrogen-bond acceptors (Lipinski definition) is 6. The first-order chi connectivity index (χ1) is 16.4. The van der Waals surface area contributed by atoms with Gasteiger partial charge in [0, 0.05) is 50.3 Å². The highest BCUT2D eigenvalue weighted by molar-refractivity contribution is 5.93. The van der Waals surface area contributed by atoms with Crippen molar-refractivity contribution in [2.45, 2.75) is 63.6 Å². The van der Waals surface area contributed by atoms with Crippen LogP contribution in [0.15, 0.2) is 12.5 Å². The summed E-state index contributed by atoms with van der Waals surface area (Å²) in [5.41, 5.74) is 1.06. The van der Waals surface area contributed by atoms with Crippen molar-refractivity contribution in [3.05, 3.63) is 29.6 Å². The van der Waals surface area contributed by atoms with Crippen LogP contribution in [0.5, 0.6) is 0 Å². The summed E-state index contributed by atoms with van der Waals surface area (Å²) in [7, 11) is 0. The standard InChI is InChI=1S/C23H30F3N7O/c24-23(25,26)13-17-14-33(12-11-31-7-1-2-8-31)21(29-17)16-5-9-32(10-6-16)22-18-3-4-19(34)30-20(18)27-15-28-22/h14-16H,1-13H2,(H,27,28,30,34). The van der Waals surface area contributed by atoms with Crippen molar-refractivity contribution in [3.63, 3.8) is 0 Å². The number of imidazole rings is 1. The van der Waals surface area contributed by atoms with Gasteiger partial charge in [-0.3, -0.25) is 4.79 Å². The molecule has 0 radical (unpaired) electrons. The number of amides is 1. The smallest absolute Gasteiger partial charge is 0.356 e. The van der Waals surface area contributed by atoms with Gasteiger partial charge in [0.05, 0.1) is 12.1 Å². The number of carbonyl (C=O) groups is 1. The Kier molecular flexibility index (Phi) is 6.46. The van der Waals surface area contributed by atoms with E-state index in [4.69, 9.17) is 0 Å². The molecule has 5 heterocycles. The van der Waals surface area contributed by atoms with E-state index >= 15 is 0 Å². The van der Waals surface area contributed by atoms with E-state index in [1.807, 2.05) is 4.57 Å². The minimum atomic E-state index is -4.27. The molecule has 0 aromatic carbocycles. The highest BCUT2D eigenvalue weighted by Crippen LogP contribution is 2.34. The largest absolute Gasteiger partial charge is 0.394 e. The van der Waals surface area contributed by atoms with Gasteiger partial charge in [0.15, 0.2) is 0 Å². The molecule has 34 heavy (non-hydrogen) atoms. The molecule has 8 nitrogen and oxygen atoms in total. The molecule has 0 unspecified atom stereocenters. The first-order valence-corrected chi connectivity index (χ1v) is 12.1. The summed E-state index contributed by atoms with van der Waals surface area (Å²) in [6.45, 7) is 5.08. The van der Waals surface area contributed by atoms with Gasteiger partial charge in [-0.05, 0) is 45.2 Å². The Hall–Kier alpha value is -2.69. The fraction of sp³-hybridized carbons (Fsp3) is 0.652. The second-order valence-corrected chi connectivity index (χ2v) is 9.46. The van der Waals surface area contributed by atoms with Gasteiger partial charge in [0.25, 0.3) is 0 Å². The van der Waals surface area contributed by atoms with Crippen LogP contribution in [0.1, 0.15) is 55.1 Å². The van der Waals surface area contributed by atoms with E-state index < -0.39 is 12.6 Å². The average molecular weight is 478 g/mol. The van der Waals surface area contributed by atoms with Gasteiger partial charge in [-0.25, -0.2) is 15.0 Å². The van der Waals surface area contributed by atoms with Crippen molar-refractivity contribution in [3.8, 4) is 0 Å². The number of anilines is 2. The van der Waals surface area contributed by atoms with Crippen LogP contribution < -0.4 is 10.2 Å². The molecule has 11 heteroatoms. The van der Waals surface area contributed by atoms with Crippen LogP contribution in [-0.2, 0) is 24.2 Å². The second-order valence-electron chi connectivity index (χ2n) is 9.46.